The van der Waals surface area contributed by atoms with Gasteiger partial charge in [-0.05, 0) is 12.7 Å². The van der Waals surface area contributed by atoms with E-state index in [0.29, 0.717) is 4.88 Å². The second kappa shape index (κ2) is 5.33. The van der Waals surface area contributed by atoms with Crippen LogP contribution in [0.25, 0.3) is 0 Å². The third-order valence-electron chi connectivity index (χ3n) is 1.68. The van der Waals surface area contributed by atoms with Gasteiger partial charge in [0.25, 0.3) is 5.91 Å². The Labute approximate surface area is 91.3 Å². The van der Waals surface area contributed by atoms with Crippen molar-refractivity contribution in [2.45, 2.75) is 19.1 Å². The Morgan fingerprint density at radius 3 is 2.93 bits per heavy atom. The highest BCUT2D eigenvalue weighted by Gasteiger charge is 2.15. The van der Waals surface area contributed by atoms with Gasteiger partial charge in [0, 0.05) is 5.75 Å². The number of hydrogen-bond donors (Lipinski definition) is 2. The van der Waals surface area contributed by atoms with E-state index in [9.17, 15) is 4.79 Å². The SMILES string of the molecule is CCc1nc(CSC)sc1C(=O)NN. The molecule has 0 fully saturated rings. The number of hydrazine groups is 1. The summed E-state index contributed by atoms with van der Waals surface area (Å²) in [5.41, 5.74) is 2.97. The maximum absolute atomic E-state index is 11.3. The molecule has 0 spiro atoms. The topological polar surface area (TPSA) is 68.0 Å². The van der Waals surface area contributed by atoms with Crippen molar-refractivity contribution in [2.24, 2.45) is 5.84 Å². The molecule has 0 radical (unpaired) electrons. The number of amides is 1. The van der Waals surface area contributed by atoms with E-state index < -0.39 is 0 Å². The van der Waals surface area contributed by atoms with Gasteiger partial charge in [-0.3, -0.25) is 10.2 Å². The lowest BCUT2D eigenvalue weighted by molar-refractivity contribution is 0.0956. The first-order valence-corrected chi connectivity index (χ1v) is 6.42. The van der Waals surface area contributed by atoms with Crippen LogP contribution in [0.5, 0.6) is 0 Å². The van der Waals surface area contributed by atoms with Crippen molar-refractivity contribution in [3.63, 3.8) is 0 Å². The predicted molar refractivity (Wildman–Crippen MR) is 60.4 cm³/mol. The van der Waals surface area contributed by atoms with Crippen LogP contribution in [-0.2, 0) is 12.2 Å². The molecular formula is C8H13N3OS2. The molecule has 0 atom stereocenters. The number of nitrogens with zero attached hydrogens (tertiary/aromatic N) is 1. The number of thioether (sulfide) groups is 1. The fraction of sp³-hybridized carbons (Fsp3) is 0.500. The Morgan fingerprint density at radius 1 is 1.71 bits per heavy atom. The van der Waals surface area contributed by atoms with E-state index in [2.05, 4.69) is 10.4 Å². The number of nitrogen functional groups attached to an aromatic ring is 1. The lowest BCUT2D eigenvalue weighted by Gasteiger charge is -1.95. The van der Waals surface area contributed by atoms with E-state index >= 15 is 0 Å². The molecule has 1 amide bonds. The lowest BCUT2D eigenvalue weighted by atomic mass is 10.3. The Hall–Kier alpha value is -0.590. The zero-order chi connectivity index (χ0) is 10.6. The molecule has 0 bridgehead atoms. The zero-order valence-corrected chi connectivity index (χ0v) is 9.80. The van der Waals surface area contributed by atoms with Crippen molar-refractivity contribution in [1.29, 1.82) is 0 Å². The number of nitrogens with one attached hydrogen (secondary N) is 1. The maximum atomic E-state index is 11.3. The quantitative estimate of drug-likeness (QED) is 0.464. The Morgan fingerprint density at radius 2 is 2.43 bits per heavy atom. The fourth-order valence-corrected chi connectivity index (χ4v) is 2.82. The van der Waals surface area contributed by atoms with Crippen LogP contribution in [0.4, 0.5) is 0 Å². The standard InChI is InChI=1S/C8H13N3OS2/c1-3-5-7(8(12)11-9)14-6(10-5)4-13-2/h3-4,9H2,1-2H3,(H,11,12). The normalized spacial score (nSPS) is 10.2. The number of rotatable bonds is 4. The summed E-state index contributed by atoms with van der Waals surface area (Å²) in [6.45, 7) is 1.98. The van der Waals surface area contributed by atoms with E-state index in [4.69, 9.17) is 5.84 Å². The number of nitrogens with two attached hydrogens (primary N) is 1. The van der Waals surface area contributed by atoms with E-state index in [-0.39, 0.29) is 5.91 Å². The van der Waals surface area contributed by atoms with E-state index in [1.54, 1.807) is 11.8 Å². The van der Waals surface area contributed by atoms with Gasteiger partial charge in [0.1, 0.15) is 9.88 Å². The second-order valence-electron chi connectivity index (χ2n) is 2.64. The first-order chi connectivity index (χ1) is 6.72. The molecule has 1 rings (SSSR count). The summed E-state index contributed by atoms with van der Waals surface area (Å²) in [6.07, 6.45) is 2.77. The van der Waals surface area contributed by atoms with Gasteiger partial charge in [-0.25, -0.2) is 10.8 Å². The lowest BCUT2D eigenvalue weighted by Crippen LogP contribution is -2.30. The van der Waals surface area contributed by atoms with Crippen LogP contribution < -0.4 is 11.3 Å². The van der Waals surface area contributed by atoms with Crippen molar-refractivity contribution in [3.05, 3.63) is 15.6 Å². The Balaban J connectivity index is 2.96. The molecule has 0 unspecified atom stereocenters. The Bertz CT molecular complexity index is 324. The van der Waals surface area contributed by atoms with Gasteiger partial charge in [-0.15, -0.1) is 11.3 Å². The number of carbonyl (C=O) groups excluding carboxylic acids is 1. The largest absolute Gasteiger partial charge is 0.289 e. The molecule has 6 heteroatoms. The van der Waals surface area contributed by atoms with Crippen molar-refractivity contribution >= 4 is 29.0 Å². The molecule has 1 heterocycles. The van der Waals surface area contributed by atoms with Crippen molar-refractivity contribution < 1.29 is 4.79 Å². The number of carbonyl (C=O) groups is 1. The smallest absolute Gasteiger partial charge is 0.277 e. The van der Waals surface area contributed by atoms with E-state index in [1.807, 2.05) is 13.2 Å². The molecule has 0 saturated carbocycles. The number of thiazole rings is 1. The number of aryl methyl sites for hydroxylation is 1. The number of hydrogen-bond acceptors (Lipinski definition) is 5. The third-order valence-corrected chi connectivity index (χ3v) is 3.52. The molecule has 1 aromatic heterocycles. The van der Waals surface area contributed by atoms with Gasteiger partial charge in [0.2, 0.25) is 0 Å². The summed E-state index contributed by atoms with van der Waals surface area (Å²) in [4.78, 5) is 16.3. The van der Waals surface area contributed by atoms with Crippen molar-refractivity contribution in [3.8, 4) is 0 Å². The Kier molecular flexibility index (Phi) is 4.37. The molecule has 0 aliphatic heterocycles. The summed E-state index contributed by atoms with van der Waals surface area (Å²) in [7, 11) is 0. The molecule has 0 aliphatic carbocycles. The molecular weight excluding hydrogens is 218 g/mol. The predicted octanol–water partition coefficient (Wildman–Crippen LogP) is 1.17. The van der Waals surface area contributed by atoms with Gasteiger partial charge < -0.3 is 0 Å². The van der Waals surface area contributed by atoms with E-state index in [1.165, 1.54) is 11.3 Å². The summed E-state index contributed by atoms with van der Waals surface area (Å²) < 4.78 is 0. The molecule has 0 saturated heterocycles. The maximum Gasteiger partial charge on any atom is 0.277 e. The highest BCUT2D eigenvalue weighted by atomic mass is 32.2. The van der Waals surface area contributed by atoms with Crippen LogP contribution in [0.2, 0.25) is 0 Å². The van der Waals surface area contributed by atoms with Crippen molar-refractivity contribution in [1.82, 2.24) is 10.4 Å². The molecule has 1 aromatic rings. The molecule has 0 aromatic carbocycles. The molecule has 3 N–H and O–H groups in total. The zero-order valence-electron chi connectivity index (χ0n) is 8.16. The van der Waals surface area contributed by atoms with Crippen LogP contribution in [-0.4, -0.2) is 17.1 Å². The summed E-state index contributed by atoms with van der Waals surface area (Å²) in [5, 5.41) is 0.980. The minimum absolute atomic E-state index is 0.244. The number of aromatic nitrogens is 1. The summed E-state index contributed by atoms with van der Waals surface area (Å²) in [6, 6.07) is 0. The molecule has 14 heavy (non-hydrogen) atoms. The summed E-state index contributed by atoms with van der Waals surface area (Å²) in [5.74, 6) is 5.68. The van der Waals surface area contributed by atoms with Crippen molar-refractivity contribution in [2.75, 3.05) is 6.26 Å². The molecule has 0 aliphatic rings. The minimum Gasteiger partial charge on any atom is -0.289 e. The van der Waals surface area contributed by atoms with Gasteiger partial charge in [-0.2, -0.15) is 11.8 Å². The highest BCUT2D eigenvalue weighted by Crippen LogP contribution is 2.21. The van der Waals surface area contributed by atoms with Crippen LogP contribution in [0.15, 0.2) is 0 Å². The van der Waals surface area contributed by atoms with Crippen LogP contribution in [0.3, 0.4) is 0 Å². The van der Waals surface area contributed by atoms with Gasteiger partial charge >= 0.3 is 0 Å². The average Bonchev–Trinajstić information content (AvgIpc) is 2.60. The average molecular weight is 231 g/mol. The van der Waals surface area contributed by atoms with Crippen LogP contribution >= 0.6 is 23.1 Å². The van der Waals surface area contributed by atoms with Crippen LogP contribution in [0.1, 0.15) is 27.3 Å². The highest BCUT2D eigenvalue weighted by molar-refractivity contribution is 7.97. The van der Waals surface area contributed by atoms with Gasteiger partial charge in [0.15, 0.2) is 0 Å². The monoisotopic (exact) mass is 231 g/mol. The van der Waals surface area contributed by atoms with Crippen LogP contribution in [0, 0.1) is 0 Å². The molecule has 4 nitrogen and oxygen atoms in total. The van der Waals surface area contributed by atoms with Gasteiger partial charge in [-0.1, -0.05) is 6.92 Å². The molecule has 78 valence electrons. The third kappa shape index (κ3) is 2.46. The second-order valence-corrected chi connectivity index (χ2v) is 4.59. The fourth-order valence-electron chi connectivity index (χ4n) is 1.07. The minimum atomic E-state index is -0.244. The first-order valence-electron chi connectivity index (χ1n) is 4.21. The first kappa shape index (κ1) is 11.5. The van der Waals surface area contributed by atoms with Gasteiger partial charge in [0.05, 0.1) is 5.69 Å². The summed E-state index contributed by atoms with van der Waals surface area (Å²) >= 11 is 3.11. The van der Waals surface area contributed by atoms with E-state index in [0.717, 1.165) is 22.9 Å².